The molecule has 28 heavy (non-hydrogen) atoms. The zero-order valence-electron chi connectivity index (χ0n) is 13.1. The predicted molar refractivity (Wildman–Crippen MR) is 123 cm³/mol. The molecule has 0 aliphatic rings. The zero-order valence-corrected chi connectivity index (χ0v) is 22.6. The molecule has 0 amide bonds. The van der Waals surface area contributed by atoms with E-state index in [-0.39, 0.29) is 11.5 Å². The van der Waals surface area contributed by atoms with Crippen LogP contribution in [0.5, 0.6) is 11.5 Å². The number of carboxylic acid groups (broad SMARTS) is 2. The van der Waals surface area contributed by atoms with Gasteiger partial charge in [-0.1, -0.05) is 0 Å². The Kier molecular flexibility index (Phi) is 8.59. The van der Waals surface area contributed by atoms with E-state index in [9.17, 15) is 19.8 Å². The molecule has 0 atom stereocenters. The number of carbonyl (C=O) groups is 2. The molecule has 6 nitrogen and oxygen atoms in total. The van der Waals surface area contributed by atoms with Crippen molar-refractivity contribution in [3.8, 4) is 11.5 Å². The van der Waals surface area contributed by atoms with Gasteiger partial charge in [-0.2, -0.15) is 0 Å². The molecule has 0 heterocycles. The standard InChI is InChI=1S/C16H6Br6O6/c17-5-1-3-7(11(21)9(5)19)27-13(15(23)24)14(16(25)26)28-8-4-2-6(18)10(20)12(8)22/h1-4H,(H,23,24)(H,25,26)/b14-13+. The average Bonchev–Trinajstić information content (AvgIpc) is 2.63. The monoisotopic (exact) mass is 768 g/mol. The highest BCUT2D eigenvalue weighted by molar-refractivity contribution is 9.15. The fourth-order valence-electron chi connectivity index (χ4n) is 1.77. The Morgan fingerprint density at radius 3 is 1.21 bits per heavy atom. The Morgan fingerprint density at radius 2 is 0.929 bits per heavy atom. The topological polar surface area (TPSA) is 93.1 Å². The number of hydrogen-bond acceptors (Lipinski definition) is 4. The summed E-state index contributed by atoms with van der Waals surface area (Å²) in [5, 5.41) is 19.0. The first kappa shape index (κ1) is 23.9. The maximum Gasteiger partial charge on any atom is 0.376 e. The van der Waals surface area contributed by atoms with Crippen LogP contribution in [0.3, 0.4) is 0 Å². The fourth-order valence-corrected chi connectivity index (χ4v) is 4.47. The van der Waals surface area contributed by atoms with E-state index < -0.39 is 23.5 Å². The SMILES string of the molecule is O=C(O)/C(Oc1ccc(Br)c(Br)c1Br)=C(\Oc1ccc(Br)c(Br)c1Br)C(=O)O. The lowest BCUT2D eigenvalue weighted by Gasteiger charge is -2.15. The molecule has 148 valence electrons. The largest absolute Gasteiger partial charge is 0.475 e. The molecule has 0 aliphatic carbocycles. The Labute approximate surface area is 209 Å². The Morgan fingerprint density at radius 1 is 0.607 bits per heavy atom. The third-order valence-corrected chi connectivity index (χ3v) is 9.69. The highest BCUT2D eigenvalue weighted by atomic mass is 79.9. The van der Waals surface area contributed by atoms with Crippen molar-refractivity contribution >= 4 is 108 Å². The lowest BCUT2D eigenvalue weighted by atomic mass is 10.3. The van der Waals surface area contributed by atoms with Crippen molar-refractivity contribution < 1.29 is 29.3 Å². The minimum Gasteiger partial charge on any atom is -0.475 e. The summed E-state index contributed by atoms with van der Waals surface area (Å²) in [5.41, 5.74) is 0. The van der Waals surface area contributed by atoms with Crippen molar-refractivity contribution in [3.63, 3.8) is 0 Å². The van der Waals surface area contributed by atoms with Gasteiger partial charge in [-0.05, 0) is 120 Å². The molecule has 0 spiro atoms. The highest BCUT2D eigenvalue weighted by Gasteiger charge is 2.28. The van der Waals surface area contributed by atoms with Crippen LogP contribution in [0.1, 0.15) is 0 Å². The highest BCUT2D eigenvalue weighted by Crippen LogP contribution is 2.40. The first-order valence-corrected chi connectivity index (χ1v) is 11.6. The second-order valence-electron chi connectivity index (χ2n) is 4.82. The molecule has 0 radical (unpaired) electrons. The van der Waals surface area contributed by atoms with Gasteiger partial charge in [0.05, 0.1) is 8.95 Å². The summed E-state index contributed by atoms with van der Waals surface area (Å²) in [6.07, 6.45) is 0. The number of benzene rings is 2. The number of carboxylic acids is 2. The van der Waals surface area contributed by atoms with Gasteiger partial charge < -0.3 is 19.7 Å². The van der Waals surface area contributed by atoms with Crippen LogP contribution < -0.4 is 9.47 Å². The minimum absolute atomic E-state index is 0.0749. The first-order valence-electron chi connectivity index (χ1n) is 6.88. The van der Waals surface area contributed by atoms with E-state index in [0.717, 1.165) is 0 Å². The molecule has 0 fully saturated rings. The molecule has 2 aromatic carbocycles. The van der Waals surface area contributed by atoms with Gasteiger partial charge in [-0.15, -0.1) is 0 Å². The van der Waals surface area contributed by atoms with Crippen molar-refractivity contribution in [2.45, 2.75) is 0 Å². The zero-order chi connectivity index (χ0) is 21.2. The number of halogens is 6. The van der Waals surface area contributed by atoms with Gasteiger partial charge in [-0.3, -0.25) is 0 Å². The molecular formula is C16H6Br6O6. The van der Waals surface area contributed by atoms with E-state index in [1.165, 1.54) is 12.1 Å². The lowest BCUT2D eigenvalue weighted by Crippen LogP contribution is -2.20. The summed E-state index contributed by atoms with van der Waals surface area (Å²) in [5.74, 6) is -4.87. The smallest absolute Gasteiger partial charge is 0.376 e. The molecule has 0 saturated carbocycles. The maximum atomic E-state index is 11.7. The van der Waals surface area contributed by atoms with Crippen molar-refractivity contribution in [2.24, 2.45) is 0 Å². The third kappa shape index (κ3) is 5.39. The lowest BCUT2D eigenvalue weighted by molar-refractivity contribution is -0.139. The number of rotatable bonds is 6. The van der Waals surface area contributed by atoms with E-state index in [4.69, 9.17) is 9.47 Å². The predicted octanol–water partition coefficient (Wildman–Crippen LogP) is 7.10. The molecule has 0 aliphatic heterocycles. The average molecular weight is 774 g/mol. The second kappa shape index (κ2) is 10.1. The summed E-state index contributed by atoms with van der Waals surface area (Å²) in [4.78, 5) is 23.4. The number of hydrogen-bond donors (Lipinski definition) is 2. The normalized spacial score (nSPS) is 11.6. The van der Waals surface area contributed by atoms with Gasteiger partial charge in [0.2, 0.25) is 0 Å². The number of ether oxygens (including phenoxy) is 2. The van der Waals surface area contributed by atoms with Crippen LogP contribution in [-0.4, -0.2) is 22.2 Å². The van der Waals surface area contributed by atoms with Crippen molar-refractivity contribution in [3.05, 3.63) is 62.6 Å². The molecular weight excluding hydrogens is 768 g/mol. The van der Waals surface area contributed by atoms with Gasteiger partial charge in [0.15, 0.2) is 0 Å². The molecule has 0 saturated heterocycles. The first-order chi connectivity index (χ1) is 13.0. The van der Waals surface area contributed by atoms with Gasteiger partial charge in [-0.25, -0.2) is 9.59 Å². The van der Waals surface area contributed by atoms with Crippen LogP contribution in [0.2, 0.25) is 0 Å². The van der Waals surface area contributed by atoms with E-state index in [2.05, 4.69) is 95.6 Å². The molecule has 0 unspecified atom stereocenters. The molecule has 0 bridgehead atoms. The van der Waals surface area contributed by atoms with E-state index in [0.29, 0.717) is 26.8 Å². The van der Waals surface area contributed by atoms with E-state index in [1.807, 2.05) is 0 Å². The minimum atomic E-state index is -1.62. The van der Waals surface area contributed by atoms with Gasteiger partial charge in [0, 0.05) is 17.9 Å². The summed E-state index contributed by atoms with van der Waals surface area (Å²) >= 11 is 19.7. The van der Waals surface area contributed by atoms with E-state index >= 15 is 0 Å². The van der Waals surface area contributed by atoms with Crippen LogP contribution in [0.15, 0.2) is 62.6 Å². The second-order valence-corrected chi connectivity index (χ2v) is 9.70. The van der Waals surface area contributed by atoms with Gasteiger partial charge >= 0.3 is 11.9 Å². The van der Waals surface area contributed by atoms with Crippen LogP contribution in [0.4, 0.5) is 0 Å². The van der Waals surface area contributed by atoms with Crippen molar-refractivity contribution in [2.75, 3.05) is 0 Å². The van der Waals surface area contributed by atoms with Crippen LogP contribution in [0.25, 0.3) is 0 Å². The molecule has 2 N–H and O–H groups in total. The number of aliphatic carboxylic acids is 2. The maximum absolute atomic E-state index is 11.7. The van der Waals surface area contributed by atoms with Gasteiger partial charge in [0.1, 0.15) is 11.5 Å². The summed E-state index contributed by atoms with van der Waals surface area (Å²) < 4.78 is 14.0. The quantitative estimate of drug-likeness (QED) is 0.185. The van der Waals surface area contributed by atoms with Crippen molar-refractivity contribution in [1.82, 2.24) is 0 Å². The van der Waals surface area contributed by atoms with Crippen LogP contribution >= 0.6 is 95.6 Å². The Hall–Kier alpha value is -0.400. The van der Waals surface area contributed by atoms with E-state index in [1.54, 1.807) is 12.1 Å². The third-order valence-electron chi connectivity index (χ3n) is 3.02. The molecule has 12 heteroatoms. The molecule has 0 aromatic heterocycles. The van der Waals surface area contributed by atoms with Crippen molar-refractivity contribution in [1.29, 1.82) is 0 Å². The van der Waals surface area contributed by atoms with Crippen LogP contribution in [0, 0.1) is 0 Å². The molecule has 2 rings (SSSR count). The Balaban J connectivity index is 2.57. The fraction of sp³-hybridized carbons (Fsp3) is 0. The molecule has 2 aromatic rings. The Bertz CT molecular complexity index is 924. The summed E-state index contributed by atoms with van der Waals surface area (Å²) in [6, 6.07) is 6.14. The summed E-state index contributed by atoms with van der Waals surface area (Å²) in [6.45, 7) is 0. The summed E-state index contributed by atoms with van der Waals surface area (Å²) in [7, 11) is 0. The van der Waals surface area contributed by atoms with Gasteiger partial charge in [0.25, 0.3) is 11.5 Å². The van der Waals surface area contributed by atoms with Crippen LogP contribution in [-0.2, 0) is 9.59 Å².